The van der Waals surface area contributed by atoms with Gasteiger partial charge in [0, 0.05) is 12.2 Å². The molecule has 1 aromatic carbocycles. The van der Waals surface area contributed by atoms with Crippen LogP contribution in [0.25, 0.3) is 0 Å². The SMILES string of the molecule is CCCNC(=O)C(C)OC(=O)c1cc(N)cc(Cl)c1Cl. The van der Waals surface area contributed by atoms with Gasteiger partial charge in [0.15, 0.2) is 6.10 Å². The van der Waals surface area contributed by atoms with Crippen molar-refractivity contribution < 1.29 is 14.3 Å². The largest absolute Gasteiger partial charge is 0.449 e. The van der Waals surface area contributed by atoms with E-state index in [-0.39, 0.29) is 27.2 Å². The van der Waals surface area contributed by atoms with E-state index in [4.69, 9.17) is 33.7 Å². The van der Waals surface area contributed by atoms with Crippen molar-refractivity contribution in [2.75, 3.05) is 12.3 Å². The molecule has 1 unspecified atom stereocenters. The molecule has 1 aromatic rings. The van der Waals surface area contributed by atoms with E-state index in [0.29, 0.717) is 6.54 Å². The Morgan fingerprint density at radius 3 is 2.65 bits per heavy atom. The molecular weight excluding hydrogens is 303 g/mol. The zero-order valence-electron chi connectivity index (χ0n) is 11.2. The first-order valence-electron chi connectivity index (χ1n) is 6.10. The molecule has 0 bridgehead atoms. The van der Waals surface area contributed by atoms with Crippen molar-refractivity contribution >= 4 is 40.8 Å². The Hall–Kier alpha value is -1.46. The summed E-state index contributed by atoms with van der Waals surface area (Å²) in [4.78, 5) is 23.6. The lowest BCUT2D eigenvalue weighted by atomic mass is 10.2. The lowest BCUT2D eigenvalue weighted by Crippen LogP contribution is -2.36. The first-order valence-corrected chi connectivity index (χ1v) is 6.85. The highest BCUT2D eigenvalue weighted by Gasteiger charge is 2.21. The van der Waals surface area contributed by atoms with Crippen LogP contribution >= 0.6 is 23.2 Å². The monoisotopic (exact) mass is 318 g/mol. The number of amides is 1. The normalized spacial score (nSPS) is 11.8. The van der Waals surface area contributed by atoms with Gasteiger partial charge in [0.05, 0.1) is 15.6 Å². The van der Waals surface area contributed by atoms with Gasteiger partial charge in [-0.3, -0.25) is 4.79 Å². The molecule has 1 atom stereocenters. The molecule has 7 heteroatoms. The Balaban J connectivity index is 2.79. The third kappa shape index (κ3) is 4.28. The number of carbonyl (C=O) groups is 2. The molecule has 3 N–H and O–H groups in total. The molecule has 1 amide bonds. The molecule has 0 spiro atoms. The van der Waals surface area contributed by atoms with Gasteiger partial charge in [-0.25, -0.2) is 4.79 Å². The van der Waals surface area contributed by atoms with Crippen molar-refractivity contribution in [1.82, 2.24) is 5.32 Å². The molecule has 0 saturated heterocycles. The highest BCUT2D eigenvalue weighted by Crippen LogP contribution is 2.29. The van der Waals surface area contributed by atoms with Gasteiger partial charge >= 0.3 is 5.97 Å². The summed E-state index contributed by atoms with van der Waals surface area (Å²) in [7, 11) is 0. The van der Waals surface area contributed by atoms with Gasteiger partial charge in [-0.1, -0.05) is 30.1 Å². The molecule has 20 heavy (non-hydrogen) atoms. The molecular formula is C13H16Cl2N2O3. The average molecular weight is 319 g/mol. The fraction of sp³-hybridized carbons (Fsp3) is 0.385. The van der Waals surface area contributed by atoms with Crippen LogP contribution in [-0.4, -0.2) is 24.5 Å². The zero-order valence-corrected chi connectivity index (χ0v) is 12.7. The number of nitrogens with two attached hydrogens (primary N) is 1. The highest BCUT2D eigenvalue weighted by molar-refractivity contribution is 6.44. The van der Waals surface area contributed by atoms with Crippen LogP contribution in [0.4, 0.5) is 5.69 Å². The van der Waals surface area contributed by atoms with Gasteiger partial charge in [0.2, 0.25) is 0 Å². The van der Waals surface area contributed by atoms with Gasteiger partial charge in [-0.15, -0.1) is 0 Å². The van der Waals surface area contributed by atoms with E-state index in [2.05, 4.69) is 5.32 Å². The summed E-state index contributed by atoms with van der Waals surface area (Å²) in [6.45, 7) is 3.92. The van der Waals surface area contributed by atoms with Crippen molar-refractivity contribution in [3.05, 3.63) is 27.7 Å². The zero-order chi connectivity index (χ0) is 15.3. The summed E-state index contributed by atoms with van der Waals surface area (Å²) in [6.07, 6.45) is -0.131. The number of benzene rings is 1. The maximum Gasteiger partial charge on any atom is 0.340 e. The Bertz CT molecular complexity index is 521. The Kier molecular flexibility index (Phi) is 6.10. The molecule has 0 aliphatic rings. The van der Waals surface area contributed by atoms with E-state index >= 15 is 0 Å². The van der Waals surface area contributed by atoms with E-state index < -0.39 is 12.1 Å². The van der Waals surface area contributed by atoms with Crippen LogP contribution in [0.3, 0.4) is 0 Å². The number of rotatable bonds is 5. The number of esters is 1. The van der Waals surface area contributed by atoms with Gasteiger partial charge in [0.1, 0.15) is 0 Å². The number of nitrogen functional groups attached to an aromatic ring is 1. The Labute approximate surface area is 127 Å². The molecule has 0 radical (unpaired) electrons. The molecule has 0 aromatic heterocycles. The summed E-state index contributed by atoms with van der Waals surface area (Å²) in [6, 6.07) is 2.78. The van der Waals surface area contributed by atoms with Crippen LogP contribution in [0.1, 0.15) is 30.6 Å². The van der Waals surface area contributed by atoms with E-state index in [9.17, 15) is 9.59 Å². The summed E-state index contributed by atoms with van der Waals surface area (Å²) in [5, 5.41) is 2.83. The fourth-order valence-corrected chi connectivity index (χ4v) is 1.84. The molecule has 110 valence electrons. The molecule has 0 saturated carbocycles. The van der Waals surface area contributed by atoms with Crippen LogP contribution in [0.15, 0.2) is 12.1 Å². The van der Waals surface area contributed by atoms with Crippen molar-refractivity contribution in [2.24, 2.45) is 0 Å². The molecule has 5 nitrogen and oxygen atoms in total. The van der Waals surface area contributed by atoms with Crippen LogP contribution in [0, 0.1) is 0 Å². The molecule has 1 rings (SSSR count). The molecule has 0 aliphatic heterocycles. The van der Waals surface area contributed by atoms with Crippen molar-refractivity contribution in [1.29, 1.82) is 0 Å². The van der Waals surface area contributed by atoms with Gasteiger partial charge in [0.25, 0.3) is 5.91 Å². The third-order valence-electron chi connectivity index (χ3n) is 2.47. The highest BCUT2D eigenvalue weighted by atomic mass is 35.5. The van der Waals surface area contributed by atoms with E-state index in [1.807, 2.05) is 6.92 Å². The third-order valence-corrected chi connectivity index (χ3v) is 3.27. The standard InChI is InChI=1S/C13H16Cl2N2O3/c1-3-4-17-12(18)7(2)20-13(19)9-5-8(16)6-10(14)11(9)15/h5-7H,3-4,16H2,1-2H3,(H,17,18). The fourth-order valence-electron chi connectivity index (χ4n) is 1.43. The van der Waals surface area contributed by atoms with Gasteiger partial charge in [-0.2, -0.15) is 0 Å². The Morgan fingerprint density at radius 2 is 2.05 bits per heavy atom. The first-order chi connectivity index (χ1) is 9.36. The van der Waals surface area contributed by atoms with Crippen molar-refractivity contribution in [3.63, 3.8) is 0 Å². The second kappa shape index (κ2) is 7.36. The first kappa shape index (κ1) is 16.6. The molecule has 0 fully saturated rings. The van der Waals surface area contributed by atoms with E-state index in [1.165, 1.54) is 19.1 Å². The summed E-state index contributed by atoms with van der Waals surface area (Å²) in [5.41, 5.74) is 5.91. The van der Waals surface area contributed by atoms with E-state index in [1.54, 1.807) is 0 Å². The predicted molar refractivity (Wildman–Crippen MR) is 79.1 cm³/mol. The number of anilines is 1. The summed E-state index contributed by atoms with van der Waals surface area (Å²) in [5.74, 6) is -1.12. The lowest BCUT2D eigenvalue weighted by Gasteiger charge is -2.14. The lowest BCUT2D eigenvalue weighted by molar-refractivity contribution is -0.129. The van der Waals surface area contributed by atoms with Crippen molar-refractivity contribution in [2.45, 2.75) is 26.4 Å². The molecule has 0 heterocycles. The maximum atomic E-state index is 12.0. The minimum absolute atomic E-state index is 0.0341. The second-order valence-electron chi connectivity index (χ2n) is 4.20. The summed E-state index contributed by atoms with van der Waals surface area (Å²) < 4.78 is 5.04. The van der Waals surface area contributed by atoms with Crippen LogP contribution in [0.2, 0.25) is 10.0 Å². The number of carbonyl (C=O) groups excluding carboxylic acids is 2. The summed E-state index contributed by atoms with van der Waals surface area (Å²) >= 11 is 11.7. The van der Waals surface area contributed by atoms with E-state index in [0.717, 1.165) is 6.42 Å². The molecule has 0 aliphatic carbocycles. The topological polar surface area (TPSA) is 81.4 Å². The number of hydrogen-bond donors (Lipinski definition) is 2. The predicted octanol–water partition coefficient (Wildman–Crippen LogP) is 2.65. The number of ether oxygens (including phenoxy) is 1. The number of nitrogens with one attached hydrogen (secondary N) is 1. The number of halogens is 2. The quantitative estimate of drug-likeness (QED) is 0.646. The Morgan fingerprint density at radius 1 is 1.40 bits per heavy atom. The maximum absolute atomic E-state index is 12.0. The number of hydrogen-bond acceptors (Lipinski definition) is 4. The van der Waals surface area contributed by atoms with Crippen LogP contribution < -0.4 is 11.1 Å². The smallest absolute Gasteiger partial charge is 0.340 e. The van der Waals surface area contributed by atoms with Crippen molar-refractivity contribution in [3.8, 4) is 0 Å². The second-order valence-corrected chi connectivity index (χ2v) is 4.99. The average Bonchev–Trinajstić information content (AvgIpc) is 2.39. The van der Waals surface area contributed by atoms with Crippen LogP contribution in [-0.2, 0) is 9.53 Å². The minimum Gasteiger partial charge on any atom is -0.449 e. The minimum atomic E-state index is -0.926. The van der Waals surface area contributed by atoms with Gasteiger partial charge < -0.3 is 15.8 Å². The van der Waals surface area contributed by atoms with Gasteiger partial charge in [-0.05, 0) is 25.5 Å². The van der Waals surface area contributed by atoms with Crippen LogP contribution in [0.5, 0.6) is 0 Å².